The molecule has 3 aromatic carbocycles. The van der Waals surface area contributed by atoms with E-state index in [1.165, 1.54) is 32.3 Å². The van der Waals surface area contributed by atoms with Gasteiger partial charge in [0.25, 0.3) is 0 Å². The Balaban J connectivity index is 0.00000368. The first-order valence-corrected chi connectivity index (χ1v) is 19.9. The number of halogens is 3. The van der Waals surface area contributed by atoms with Crippen LogP contribution in [-0.4, -0.2) is 48.6 Å². The summed E-state index contributed by atoms with van der Waals surface area (Å²) in [6, 6.07) is 13.0. The molecule has 0 saturated heterocycles. The number of hydrogen-bond acceptors (Lipinski definition) is 6. The summed E-state index contributed by atoms with van der Waals surface area (Å²) in [4.78, 5) is 0. The summed E-state index contributed by atoms with van der Waals surface area (Å²) < 4.78 is 37.7. The van der Waals surface area contributed by atoms with Crippen molar-refractivity contribution >= 4 is 58.7 Å². The van der Waals surface area contributed by atoms with Gasteiger partial charge in [0.1, 0.15) is 0 Å². The van der Waals surface area contributed by atoms with Crippen molar-refractivity contribution < 1.29 is 46.8 Å². The van der Waals surface area contributed by atoms with Crippen molar-refractivity contribution in [2.75, 3.05) is 42.7 Å². The first-order valence-electron chi connectivity index (χ1n) is 14.8. The Bertz CT molecular complexity index is 1510. The number of allylic oxidation sites excluding steroid dienone is 4. The molecule has 6 nitrogen and oxygen atoms in total. The van der Waals surface area contributed by atoms with Crippen molar-refractivity contribution in [1.29, 1.82) is 0 Å². The maximum atomic E-state index is 6.27. The molecule has 1 aliphatic rings. The molecule has 0 aliphatic heterocycles. The van der Waals surface area contributed by atoms with Crippen LogP contribution < -0.4 is 44.0 Å². The van der Waals surface area contributed by atoms with Gasteiger partial charge >= 0.3 is 274 Å². The van der Waals surface area contributed by atoms with Crippen LogP contribution in [0.3, 0.4) is 0 Å². The van der Waals surface area contributed by atoms with Crippen LogP contribution in [0.4, 0.5) is 0 Å². The number of rotatable bonds is 11. The molecule has 47 heavy (non-hydrogen) atoms. The largest absolute Gasteiger partial charge is 0.147 e. The van der Waals surface area contributed by atoms with Crippen LogP contribution in [0.1, 0.15) is 44.4 Å². The molecule has 3 aromatic rings. The molecule has 0 aromatic heterocycles. The van der Waals surface area contributed by atoms with Crippen molar-refractivity contribution in [1.82, 2.24) is 0 Å². The van der Waals surface area contributed by atoms with Gasteiger partial charge in [0.15, 0.2) is 0 Å². The van der Waals surface area contributed by atoms with Crippen molar-refractivity contribution in [2.24, 2.45) is 5.92 Å². The molecular weight excluding hydrogens is 711 g/mol. The molecule has 1 atom stereocenters. The van der Waals surface area contributed by atoms with Gasteiger partial charge in [-0.2, -0.15) is 0 Å². The van der Waals surface area contributed by atoms with Gasteiger partial charge in [0.2, 0.25) is 0 Å². The van der Waals surface area contributed by atoms with Crippen LogP contribution >= 0.6 is 37.2 Å². The zero-order valence-corrected chi connectivity index (χ0v) is 34.7. The summed E-state index contributed by atoms with van der Waals surface area (Å²) in [6.45, 7) is 15.5. The topological polar surface area (TPSA) is 55.4 Å². The minimum Gasteiger partial charge on any atom is -0.147 e. The third-order valence-electron chi connectivity index (χ3n) is 9.33. The van der Waals surface area contributed by atoms with Crippen molar-refractivity contribution in [2.45, 2.75) is 48.5 Å². The van der Waals surface area contributed by atoms with Gasteiger partial charge in [-0.05, 0) is 0 Å². The van der Waals surface area contributed by atoms with Crippen LogP contribution in [0.2, 0.25) is 0 Å². The molecule has 11 heteroatoms. The summed E-state index contributed by atoms with van der Waals surface area (Å²) in [7, 11) is 10.4. The number of benzene rings is 3. The Morgan fingerprint density at radius 3 is 1.00 bits per heavy atom. The molecule has 0 fully saturated rings. The van der Waals surface area contributed by atoms with Gasteiger partial charge < -0.3 is 0 Å². The van der Waals surface area contributed by atoms with Gasteiger partial charge in [0, 0.05) is 0 Å². The number of methoxy groups -OCH3 is 6. The van der Waals surface area contributed by atoms with E-state index < -0.39 is 24.3 Å². The van der Waals surface area contributed by atoms with E-state index in [2.05, 4.69) is 66.7 Å². The average Bonchev–Trinajstić information content (AvgIpc) is 3.20. The normalized spacial score (nSPS) is 14.0. The summed E-state index contributed by atoms with van der Waals surface area (Å²) >= 11 is -0.947. The maximum Gasteiger partial charge on any atom is -0.147 e. The minimum atomic E-state index is -3.03. The number of aryl methyl sites for hydroxylation is 3. The molecule has 0 heterocycles. The first-order chi connectivity index (χ1) is 20.9. The monoisotopic (exact) mass is 758 g/mol. The Hall–Kier alpha value is -2.26. The second kappa shape index (κ2) is 17.4. The van der Waals surface area contributed by atoms with E-state index in [9.17, 15) is 0 Å². The predicted molar refractivity (Wildman–Crippen MR) is 199 cm³/mol. The SMILES string of the molecule is COc1cc(OC)c([Si]([Ti][C]2=C(C)C(C)=C(C)C2C)(c2cc(C)c(OC)cc2OC)c2cc(C)c(OC)cc2OC)cc1C.Cl.Cl.Cl. The first kappa shape index (κ1) is 42.8. The fourth-order valence-electron chi connectivity index (χ4n) is 6.46. The van der Waals surface area contributed by atoms with E-state index in [-0.39, 0.29) is 37.2 Å². The Morgan fingerprint density at radius 2 is 0.766 bits per heavy atom. The molecule has 4 rings (SSSR count). The Labute approximate surface area is 308 Å². The van der Waals surface area contributed by atoms with Gasteiger partial charge in [-0.15, -0.1) is 37.2 Å². The third kappa shape index (κ3) is 7.51. The standard InChI is InChI=1S/C27H33O6Si.C9H13.3ClH.Ti/c1-16-10-25(22(31-7)13-19(16)28-4)34(26-11-17(2)20(29-5)14-23(26)32-8)27-12-18(3)21(30-6)15-24(27)33-9;1-6-5-7(2)9(4)8(6)3;;;;/h10-15H,1-9H3;6H,1-4H3;3*1H;. The van der Waals surface area contributed by atoms with E-state index in [0.29, 0.717) is 5.92 Å². The zero-order chi connectivity index (χ0) is 32.5. The molecule has 0 saturated carbocycles. The van der Waals surface area contributed by atoms with Crippen LogP contribution in [0, 0.1) is 26.7 Å². The van der Waals surface area contributed by atoms with Gasteiger partial charge in [-0.25, -0.2) is 0 Å². The molecular formula is C36H49Cl3O6SiTi. The molecule has 1 unspecified atom stereocenters. The summed E-state index contributed by atoms with van der Waals surface area (Å²) in [5, 5.41) is 3.54. The van der Waals surface area contributed by atoms with Crippen molar-refractivity contribution in [3.8, 4) is 34.5 Å². The maximum absolute atomic E-state index is 6.27. The quantitative estimate of drug-likeness (QED) is 0.152. The van der Waals surface area contributed by atoms with E-state index in [4.69, 9.17) is 28.4 Å². The molecule has 0 spiro atoms. The van der Waals surface area contributed by atoms with E-state index in [1.54, 1.807) is 46.5 Å². The fraction of sp³-hybridized carbons (Fsp3) is 0.389. The molecule has 0 radical (unpaired) electrons. The molecule has 0 N–H and O–H groups in total. The fourth-order valence-corrected chi connectivity index (χ4v) is 20.5. The summed E-state index contributed by atoms with van der Waals surface area (Å²) in [5.74, 6) is 2.11. The summed E-state index contributed by atoms with van der Waals surface area (Å²) in [6.07, 6.45) is 0. The van der Waals surface area contributed by atoms with Gasteiger partial charge in [0.05, 0.1) is 0 Å². The Kier molecular flexibility index (Phi) is 15.8. The molecule has 258 valence electrons. The van der Waals surface area contributed by atoms with Crippen LogP contribution in [0.25, 0.3) is 0 Å². The minimum absolute atomic E-state index is 0. The number of hydrogen-bond donors (Lipinski definition) is 0. The van der Waals surface area contributed by atoms with Gasteiger partial charge in [-0.1, -0.05) is 0 Å². The van der Waals surface area contributed by atoms with Crippen LogP contribution in [-0.2, 0) is 18.4 Å². The van der Waals surface area contributed by atoms with E-state index in [0.717, 1.165) is 51.2 Å². The third-order valence-corrected chi connectivity index (χ3v) is 21.6. The van der Waals surface area contributed by atoms with Gasteiger partial charge in [-0.3, -0.25) is 0 Å². The molecule has 1 aliphatic carbocycles. The Morgan fingerprint density at radius 1 is 0.468 bits per heavy atom. The van der Waals surface area contributed by atoms with Crippen LogP contribution in [0.5, 0.6) is 34.5 Å². The van der Waals surface area contributed by atoms with Crippen molar-refractivity contribution in [3.05, 3.63) is 73.7 Å². The average molecular weight is 760 g/mol. The summed E-state index contributed by atoms with van der Waals surface area (Å²) in [5.41, 5.74) is 7.40. The van der Waals surface area contributed by atoms with Crippen LogP contribution in [0.15, 0.2) is 57.0 Å². The predicted octanol–water partition coefficient (Wildman–Crippen LogP) is 7.24. The zero-order valence-electron chi connectivity index (χ0n) is 29.7. The van der Waals surface area contributed by atoms with Crippen molar-refractivity contribution in [3.63, 3.8) is 0 Å². The van der Waals surface area contributed by atoms with E-state index >= 15 is 0 Å². The van der Waals surface area contributed by atoms with E-state index in [1.807, 2.05) is 18.2 Å². The second-order valence-corrected chi connectivity index (χ2v) is 20.4. The molecule has 0 bridgehead atoms. The smallest absolute Gasteiger partial charge is 0.147 e. The second-order valence-electron chi connectivity index (χ2n) is 11.5. The number of ether oxygens (including phenoxy) is 6. The molecule has 0 amide bonds.